The van der Waals surface area contributed by atoms with Crippen LogP contribution >= 0.6 is 0 Å². The number of pyridine rings is 2. The van der Waals surface area contributed by atoms with Crippen LogP contribution in [0, 0.1) is 0 Å². The standard InChI is InChI=1S/C27H26N6O8S/c1-15(2)17-9-10-21(30-14-17)33(42(36)37)24-22(40-20-8-6-5-7-19(20)38-3)25(39-4)32-23(31-24)16-11-12-29-18(13-16)26(34)41-27(28)35/h5-15H,1-4H3,(H2,28,35)(H,36,37)/p-1. The molecule has 1 amide bonds. The van der Waals surface area contributed by atoms with Gasteiger partial charge in [0.15, 0.2) is 23.1 Å². The highest BCUT2D eigenvalue weighted by Gasteiger charge is 2.27. The summed E-state index contributed by atoms with van der Waals surface area (Å²) in [5, 5.41) is 0. The van der Waals surface area contributed by atoms with Crippen molar-refractivity contribution in [3.8, 4) is 34.5 Å². The minimum Gasteiger partial charge on any atom is -0.755 e. The summed E-state index contributed by atoms with van der Waals surface area (Å²) < 4.78 is 47.7. The number of amides is 1. The van der Waals surface area contributed by atoms with Crippen LogP contribution in [-0.4, -0.2) is 55.0 Å². The van der Waals surface area contributed by atoms with E-state index in [1.807, 2.05) is 13.8 Å². The summed E-state index contributed by atoms with van der Waals surface area (Å²) in [6.07, 6.45) is 1.49. The summed E-state index contributed by atoms with van der Waals surface area (Å²) in [4.78, 5) is 40.4. The average molecular weight is 594 g/mol. The fraction of sp³-hybridized carbons (Fsp3) is 0.185. The number of carbonyl (C=O) groups excluding carboxylic acids is 2. The SMILES string of the molecule is COc1ccccc1Oc1c(OC)nc(-c2ccnc(C(=O)OC(N)=O)c2)nc1N(c1ccc(C(C)C)cn1)S(=O)[O-]. The van der Waals surface area contributed by atoms with Crippen molar-refractivity contribution in [2.45, 2.75) is 19.8 Å². The first kappa shape index (κ1) is 29.8. The van der Waals surface area contributed by atoms with Crippen LogP contribution in [0.1, 0.15) is 35.8 Å². The second-order valence-corrected chi connectivity index (χ2v) is 9.52. The van der Waals surface area contributed by atoms with E-state index in [-0.39, 0.29) is 52.0 Å². The topological polar surface area (TPSA) is 192 Å². The quantitative estimate of drug-likeness (QED) is 0.158. The first-order valence-electron chi connectivity index (χ1n) is 12.2. The number of primary amides is 1. The molecule has 0 radical (unpaired) electrons. The van der Waals surface area contributed by atoms with Crippen molar-refractivity contribution in [1.29, 1.82) is 0 Å². The molecule has 0 aliphatic rings. The van der Waals surface area contributed by atoms with Crippen molar-refractivity contribution in [3.05, 3.63) is 72.2 Å². The number of aromatic nitrogens is 4. The van der Waals surface area contributed by atoms with Crippen molar-refractivity contribution < 1.29 is 37.3 Å². The highest BCUT2D eigenvalue weighted by atomic mass is 32.2. The molecule has 4 rings (SSSR count). The Morgan fingerprint density at radius 3 is 2.33 bits per heavy atom. The molecule has 0 bridgehead atoms. The number of anilines is 2. The predicted octanol–water partition coefficient (Wildman–Crippen LogP) is 4.03. The van der Waals surface area contributed by atoms with Gasteiger partial charge >= 0.3 is 12.1 Å². The molecule has 42 heavy (non-hydrogen) atoms. The second-order valence-electron chi connectivity index (χ2n) is 8.72. The molecule has 3 heterocycles. The lowest BCUT2D eigenvalue weighted by molar-refractivity contribution is 0.0632. The number of benzene rings is 1. The summed E-state index contributed by atoms with van der Waals surface area (Å²) in [7, 11) is 2.75. The second kappa shape index (κ2) is 13.0. The Balaban J connectivity index is 1.94. The van der Waals surface area contributed by atoms with E-state index < -0.39 is 23.3 Å². The third-order valence-corrected chi connectivity index (χ3v) is 6.36. The zero-order chi connectivity index (χ0) is 30.4. The Morgan fingerprint density at radius 2 is 1.74 bits per heavy atom. The monoisotopic (exact) mass is 593 g/mol. The molecule has 0 spiro atoms. The van der Waals surface area contributed by atoms with Gasteiger partial charge in [-0.3, -0.25) is 4.21 Å². The van der Waals surface area contributed by atoms with Crippen LogP contribution in [0.2, 0.25) is 0 Å². The molecule has 0 saturated heterocycles. The van der Waals surface area contributed by atoms with E-state index in [1.54, 1.807) is 36.5 Å². The smallest absolute Gasteiger partial charge is 0.412 e. The molecule has 0 aliphatic carbocycles. The normalized spacial score (nSPS) is 11.5. The number of methoxy groups -OCH3 is 2. The summed E-state index contributed by atoms with van der Waals surface area (Å²) in [5.41, 5.74) is 5.74. The van der Waals surface area contributed by atoms with Crippen LogP contribution < -0.4 is 24.2 Å². The highest BCUT2D eigenvalue weighted by molar-refractivity contribution is 7.81. The molecule has 4 aromatic rings. The maximum atomic E-state index is 12.7. The molecule has 0 saturated carbocycles. The van der Waals surface area contributed by atoms with Gasteiger partial charge in [0.05, 0.1) is 25.5 Å². The maximum Gasteiger partial charge on any atom is 0.412 e. The minimum atomic E-state index is -2.97. The van der Waals surface area contributed by atoms with Crippen LogP contribution in [0.25, 0.3) is 11.4 Å². The Labute approximate surface area is 242 Å². The molecule has 1 unspecified atom stereocenters. The molecule has 3 aromatic heterocycles. The van der Waals surface area contributed by atoms with Gasteiger partial charge < -0.3 is 29.2 Å². The van der Waals surface area contributed by atoms with Crippen LogP contribution in [-0.2, 0) is 16.0 Å². The van der Waals surface area contributed by atoms with Gasteiger partial charge in [-0.25, -0.2) is 28.8 Å². The van der Waals surface area contributed by atoms with Gasteiger partial charge in [-0.05, 0) is 41.8 Å². The summed E-state index contributed by atoms with van der Waals surface area (Å²) in [5.74, 6) is -1.07. The molecular weight excluding hydrogens is 568 g/mol. The molecular formula is C27H25N6O8S-. The van der Waals surface area contributed by atoms with Gasteiger partial charge in [-0.2, -0.15) is 4.98 Å². The van der Waals surface area contributed by atoms with Crippen molar-refractivity contribution in [2.75, 3.05) is 18.5 Å². The first-order chi connectivity index (χ1) is 20.1. The Hall–Kier alpha value is -5.15. The van der Waals surface area contributed by atoms with Crippen molar-refractivity contribution in [3.63, 3.8) is 0 Å². The fourth-order valence-corrected chi connectivity index (χ4v) is 4.19. The van der Waals surface area contributed by atoms with Crippen molar-refractivity contribution in [2.24, 2.45) is 5.73 Å². The lowest BCUT2D eigenvalue weighted by Gasteiger charge is -2.27. The summed E-state index contributed by atoms with van der Waals surface area (Å²) in [6.45, 7) is 3.95. The number of nitrogens with two attached hydrogens (primary N) is 1. The van der Waals surface area contributed by atoms with Gasteiger partial charge in [0.25, 0.3) is 5.88 Å². The van der Waals surface area contributed by atoms with Gasteiger partial charge in [-0.15, -0.1) is 0 Å². The number of hydrogen-bond acceptors (Lipinski definition) is 12. The molecule has 14 nitrogen and oxygen atoms in total. The molecule has 1 atom stereocenters. The number of hydrogen-bond donors (Lipinski definition) is 1. The van der Waals surface area contributed by atoms with Gasteiger partial charge in [0, 0.05) is 18.0 Å². The molecule has 0 aliphatic heterocycles. The fourth-order valence-electron chi connectivity index (χ4n) is 3.67. The Bertz CT molecular complexity index is 1630. The number of esters is 1. The Kier molecular flexibility index (Phi) is 9.24. The predicted molar refractivity (Wildman–Crippen MR) is 149 cm³/mol. The van der Waals surface area contributed by atoms with E-state index in [1.165, 1.54) is 38.6 Å². The van der Waals surface area contributed by atoms with E-state index in [2.05, 4.69) is 24.7 Å². The number of rotatable bonds is 10. The third kappa shape index (κ3) is 6.59. The molecule has 2 N–H and O–H groups in total. The molecule has 15 heteroatoms. The number of carbonyl (C=O) groups is 2. The first-order valence-corrected chi connectivity index (χ1v) is 13.3. The van der Waals surface area contributed by atoms with Crippen molar-refractivity contribution >= 4 is 35.0 Å². The summed E-state index contributed by atoms with van der Waals surface area (Å²) in [6, 6.07) is 12.6. The van der Waals surface area contributed by atoms with E-state index in [0.717, 1.165) is 9.87 Å². The molecule has 0 fully saturated rings. The van der Waals surface area contributed by atoms with Crippen molar-refractivity contribution in [1.82, 2.24) is 19.9 Å². The van der Waals surface area contributed by atoms with Gasteiger partial charge in [0.2, 0.25) is 5.75 Å². The zero-order valence-corrected chi connectivity index (χ0v) is 23.7. The molecule has 1 aromatic carbocycles. The lowest BCUT2D eigenvalue weighted by Crippen LogP contribution is -2.23. The number of para-hydroxylation sites is 2. The van der Waals surface area contributed by atoms with Gasteiger partial charge in [0.1, 0.15) is 11.5 Å². The average Bonchev–Trinajstić information content (AvgIpc) is 2.98. The van der Waals surface area contributed by atoms with Gasteiger partial charge in [-0.1, -0.05) is 32.0 Å². The van der Waals surface area contributed by atoms with E-state index in [4.69, 9.17) is 19.9 Å². The Morgan fingerprint density at radius 1 is 1.00 bits per heavy atom. The molecule has 218 valence electrons. The van der Waals surface area contributed by atoms with Crippen LogP contribution in [0.3, 0.4) is 0 Å². The van der Waals surface area contributed by atoms with Crippen LogP contribution in [0.4, 0.5) is 16.4 Å². The number of ether oxygens (including phenoxy) is 4. The zero-order valence-electron chi connectivity index (χ0n) is 22.8. The maximum absolute atomic E-state index is 12.7. The highest BCUT2D eigenvalue weighted by Crippen LogP contribution is 2.44. The van der Waals surface area contributed by atoms with E-state index in [0.29, 0.717) is 5.75 Å². The van der Waals surface area contributed by atoms with Crippen LogP contribution in [0.15, 0.2) is 60.9 Å². The number of nitrogens with zero attached hydrogens (tertiary/aromatic N) is 5. The van der Waals surface area contributed by atoms with Crippen LogP contribution in [0.5, 0.6) is 23.1 Å². The van der Waals surface area contributed by atoms with E-state index >= 15 is 0 Å². The van der Waals surface area contributed by atoms with E-state index in [9.17, 15) is 18.4 Å². The minimum absolute atomic E-state index is 0.00441. The third-order valence-electron chi connectivity index (χ3n) is 5.70. The lowest BCUT2D eigenvalue weighted by atomic mass is 10.1. The largest absolute Gasteiger partial charge is 0.755 e. The summed E-state index contributed by atoms with van der Waals surface area (Å²) >= 11 is -2.97.